The highest BCUT2D eigenvalue weighted by molar-refractivity contribution is 5.57. The summed E-state index contributed by atoms with van der Waals surface area (Å²) in [6.45, 7) is 0.474. The Morgan fingerprint density at radius 1 is 1.00 bits per heavy atom. The lowest BCUT2D eigenvalue weighted by Gasteiger charge is -2.09. The molecule has 0 aliphatic heterocycles. The van der Waals surface area contributed by atoms with Crippen LogP contribution in [0.3, 0.4) is 0 Å². The highest BCUT2D eigenvalue weighted by Gasteiger charge is 2.10. The van der Waals surface area contributed by atoms with E-state index in [1.807, 2.05) is 12.1 Å². The molecule has 0 amide bonds. The van der Waals surface area contributed by atoms with Crippen LogP contribution in [0.15, 0.2) is 48.9 Å². The average molecular weight is 314 g/mol. The zero-order valence-electron chi connectivity index (χ0n) is 11.9. The third-order valence-electron chi connectivity index (χ3n) is 2.97. The Bertz CT molecular complexity index is 777. The Kier molecular flexibility index (Phi) is 4.32. The summed E-state index contributed by atoms with van der Waals surface area (Å²) in [5.74, 6) is -1.00. The number of nitrogens with zero attached hydrogens (tertiary/aromatic N) is 4. The van der Waals surface area contributed by atoms with E-state index in [1.54, 1.807) is 12.4 Å². The lowest BCUT2D eigenvalue weighted by atomic mass is 10.3. The zero-order valence-corrected chi connectivity index (χ0v) is 11.9. The second-order valence-electron chi connectivity index (χ2n) is 4.60. The van der Waals surface area contributed by atoms with E-state index in [2.05, 4.69) is 30.8 Å². The molecule has 0 aliphatic rings. The number of nitrogens with one attached hydrogen (secondary N) is 2. The molecule has 0 fully saturated rings. The zero-order chi connectivity index (χ0) is 16.1. The summed E-state index contributed by atoms with van der Waals surface area (Å²) in [6, 6.07) is 7.29. The Balaban J connectivity index is 1.72. The summed E-state index contributed by atoms with van der Waals surface area (Å²) in [7, 11) is 0. The predicted octanol–water partition coefficient (Wildman–Crippen LogP) is 2.90. The van der Waals surface area contributed by atoms with Gasteiger partial charge in [0.05, 0.1) is 6.20 Å². The molecule has 0 saturated carbocycles. The smallest absolute Gasteiger partial charge is 0.244 e. The lowest BCUT2D eigenvalue weighted by molar-refractivity contribution is 0.590. The molecule has 0 atom stereocenters. The van der Waals surface area contributed by atoms with Crippen LogP contribution in [0, 0.1) is 11.6 Å². The van der Waals surface area contributed by atoms with Gasteiger partial charge in [0.15, 0.2) is 5.82 Å². The second kappa shape index (κ2) is 6.73. The van der Waals surface area contributed by atoms with E-state index in [0.717, 1.165) is 17.7 Å². The van der Waals surface area contributed by atoms with Gasteiger partial charge in [-0.05, 0) is 29.8 Å². The SMILES string of the molecule is Fc1cccc(F)c1Nc1cnnc(NCc2ccncc2)n1. The summed E-state index contributed by atoms with van der Waals surface area (Å²) >= 11 is 0. The van der Waals surface area contributed by atoms with Gasteiger partial charge < -0.3 is 10.6 Å². The van der Waals surface area contributed by atoms with Gasteiger partial charge in [0.1, 0.15) is 17.3 Å². The van der Waals surface area contributed by atoms with Crippen molar-refractivity contribution in [3.63, 3.8) is 0 Å². The van der Waals surface area contributed by atoms with Crippen LogP contribution in [0.2, 0.25) is 0 Å². The minimum Gasteiger partial charge on any atom is -0.349 e. The van der Waals surface area contributed by atoms with Gasteiger partial charge in [-0.3, -0.25) is 4.98 Å². The molecule has 6 nitrogen and oxygen atoms in total. The topological polar surface area (TPSA) is 75.6 Å². The standard InChI is InChI=1S/C15H12F2N6/c16-11-2-1-3-12(17)14(11)21-13-9-20-23-15(22-13)19-8-10-4-6-18-7-5-10/h1-7,9H,8H2,(H2,19,21,22,23). The molecule has 2 N–H and O–H groups in total. The van der Waals surface area contributed by atoms with Crippen LogP contribution in [0.25, 0.3) is 0 Å². The third-order valence-corrected chi connectivity index (χ3v) is 2.97. The fourth-order valence-corrected chi connectivity index (χ4v) is 1.87. The van der Waals surface area contributed by atoms with Crippen LogP contribution in [0.4, 0.5) is 26.2 Å². The van der Waals surface area contributed by atoms with Crippen LogP contribution in [-0.4, -0.2) is 20.2 Å². The van der Waals surface area contributed by atoms with Crippen molar-refractivity contribution < 1.29 is 8.78 Å². The molecule has 23 heavy (non-hydrogen) atoms. The van der Waals surface area contributed by atoms with Crippen molar-refractivity contribution in [3.05, 3.63) is 66.1 Å². The van der Waals surface area contributed by atoms with Crippen LogP contribution in [0.1, 0.15) is 5.56 Å². The number of benzene rings is 1. The Morgan fingerprint density at radius 3 is 2.48 bits per heavy atom. The van der Waals surface area contributed by atoms with Crippen molar-refractivity contribution >= 4 is 17.5 Å². The van der Waals surface area contributed by atoms with E-state index in [-0.39, 0.29) is 17.5 Å². The number of para-hydroxylation sites is 1. The van der Waals surface area contributed by atoms with Crippen molar-refractivity contribution in [2.75, 3.05) is 10.6 Å². The van der Waals surface area contributed by atoms with Gasteiger partial charge in [-0.1, -0.05) is 6.07 Å². The summed E-state index contributed by atoms with van der Waals surface area (Å²) in [4.78, 5) is 8.05. The first-order valence-corrected chi connectivity index (χ1v) is 6.76. The molecule has 116 valence electrons. The molecule has 2 heterocycles. The number of halogens is 2. The molecule has 3 rings (SSSR count). The molecular weight excluding hydrogens is 302 g/mol. The van der Waals surface area contributed by atoms with Crippen molar-refractivity contribution in [1.29, 1.82) is 0 Å². The van der Waals surface area contributed by atoms with Crippen molar-refractivity contribution in [3.8, 4) is 0 Å². The first-order valence-electron chi connectivity index (χ1n) is 6.76. The summed E-state index contributed by atoms with van der Waals surface area (Å²) in [5, 5.41) is 13.1. The van der Waals surface area contributed by atoms with Crippen molar-refractivity contribution in [2.45, 2.75) is 6.54 Å². The molecule has 0 bridgehead atoms. The van der Waals surface area contributed by atoms with Crippen molar-refractivity contribution in [2.24, 2.45) is 0 Å². The molecule has 0 radical (unpaired) electrons. The molecule has 2 aromatic heterocycles. The molecule has 1 aromatic carbocycles. The number of rotatable bonds is 5. The second-order valence-corrected chi connectivity index (χ2v) is 4.60. The summed E-state index contributed by atoms with van der Waals surface area (Å²) < 4.78 is 27.2. The van der Waals surface area contributed by atoms with Gasteiger partial charge in [0.25, 0.3) is 0 Å². The molecule has 8 heteroatoms. The maximum Gasteiger partial charge on any atom is 0.244 e. The van der Waals surface area contributed by atoms with E-state index < -0.39 is 11.6 Å². The van der Waals surface area contributed by atoms with Crippen molar-refractivity contribution in [1.82, 2.24) is 20.2 Å². The maximum atomic E-state index is 13.6. The van der Waals surface area contributed by atoms with Gasteiger partial charge >= 0.3 is 0 Å². The molecule has 0 saturated heterocycles. The molecule has 0 unspecified atom stereocenters. The van der Waals surface area contributed by atoms with E-state index in [9.17, 15) is 8.78 Å². The molecular formula is C15H12F2N6. The minimum atomic E-state index is -0.713. The maximum absolute atomic E-state index is 13.6. The van der Waals surface area contributed by atoms with Gasteiger partial charge in [-0.2, -0.15) is 10.1 Å². The molecule has 0 aliphatic carbocycles. The number of hydrogen-bond acceptors (Lipinski definition) is 6. The van der Waals surface area contributed by atoms with Gasteiger partial charge in [-0.25, -0.2) is 8.78 Å². The summed E-state index contributed by atoms with van der Waals surface area (Å²) in [5.41, 5.74) is 0.704. The Morgan fingerprint density at radius 2 is 1.74 bits per heavy atom. The normalized spacial score (nSPS) is 10.3. The van der Waals surface area contributed by atoms with Gasteiger partial charge in [-0.15, -0.1) is 5.10 Å². The van der Waals surface area contributed by atoms with Crippen LogP contribution in [-0.2, 0) is 6.54 Å². The van der Waals surface area contributed by atoms with E-state index in [1.165, 1.54) is 12.3 Å². The summed E-state index contributed by atoms with van der Waals surface area (Å²) in [6.07, 6.45) is 4.63. The van der Waals surface area contributed by atoms with Crippen LogP contribution in [0.5, 0.6) is 0 Å². The van der Waals surface area contributed by atoms with E-state index in [0.29, 0.717) is 6.54 Å². The number of anilines is 3. The quantitative estimate of drug-likeness (QED) is 0.754. The first-order chi connectivity index (χ1) is 11.2. The van der Waals surface area contributed by atoms with Crippen LogP contribution < -0.4 is 10.6 Å². The highest BCUT2D eigenvalue weighted by atomic mass is 19.1. The third kappa shape index (κ3) is 3.73. The Hall–Kier alpha value is -3.16. The Labute approximate surface area is 130 Å². The lowest BCUT2D eigenvalue weighted by Crippen LogP contribution is -2.07. The van der Waals surface area contributed by atoms with Gasteiger partial charge in [0, 0.05) is 18.9 Å². The monoisotopic (exact) mass is 314 g/mol. The first kappa shape index (κ1) is 14.8. The molecule has 0 spiro atoms. The largest absolute Gasteiger partial charge is 0.349 e. The number of hydrogen-bond donors (Lipinski definition) is 2. The predicted molar refractivity (Wildman–Crippen MR) is 81.0 cm³/mol. The van der Waals surface area contributed by atoms with E-state index in [4.69, 9.17) is 0 Å². The molecule has 3 aromatic rings. The number of pyridine rings is 1. The van der Waals surface area contributed by atoms with Crippen LogP contribution >= 0.6 is 0 Å². The fourth-order valence-electron chi connectivity index (χ4n) is 1.87. The van der Waals surface area contributed by atoms with Gasteiger partial charge in [0.2, 0.25) is 5.95 Å². The van der Waals surface area contributed by atoms with E-state index >= 15 is 0 Å². The number of aromatic nitrogens is 4. The highest BCUT2D eigenvalue weighted by Crippen LogP contribution is 2.21. The fraction of sp³-hybridized carbons (Fsp3) is 0.0667. The minimum absolute atomic E-state index is 0.182. The average Bonchev–Trinajstić information content (AvgIpc) is 2.58.